The first-order chi connectivity index (χ1) is 10.5. The summed E-state index contributed by atoms with van der Waals surface area (Å²) in [4.78, 5) is 11.7. The molecule has 4 nitrogen and oxygen atoms in total. The zero-order chi connectivity index (χ0) is 15.9. The van der Waals surface area contributed by atoms with Crippen molar-refractivity contribution in [3.63, 3.8) is 0 Å². The second-order valence-corrected chi connectivity index (χ2v) is 5.36. The molecule has 0 saturated heterocycles. The van der Waals surface area contributed by atoms with Gasteiger partial charge in [0.05, 0.1) is 5.71 Å². The molecule has 1 N–H and O–H groups in total. The molecule has 22 heavy (non-hydrogen) atoms. The molecule has 114 valence electrons. The molecule has 2 aromatic rings. The summed E-state index contributed by atoms with van der Waals surface area (Å²) in [6, 6.07) is 14.0. The Balaban J connectivity index is 1.86. The molecule has 0 unspecified atom stereocenters. The fourth-order valence-corrected chi connectivity index (χ4v) is 1.95. The molecule has 0 fully saturated rings. The van der Waals surface area contributed by atoms with E-state index in [4.69, 9.17) is 27.9 Å². The highest BCUT2D eigenvalue weighted by atomic mass is 35.5. The van der Waals surface area contributed by atoms with Crippen molar-refractivity contribution < 1.29 is 9.53 Å². The van der Waals surface area contributed by atoms with E-state index >= 15 is 0 Å². The van der Waals surface area contributed by atoms with Crippen molar-refractivity contribution >= 4 is 34.8 Å². The SMILES string of the molecule is C/C(=N/NC(=O)COc1cccc(Cl)c1)c1ccc(Cl)cc1. The minimum Gasteiger partial charge on any atom is -0.484 e. The Kier molecular flexibility index (Phi) is 5.81. The highest BCUT2D eigenvalue weighted by molar-refractivity contribution is 6.31. The first-order valence-corrected chi connectivity index (χ1v) is 7.27. The third kappa shape index (κ3) is 5.06. The molecule has 0 heterocycles. The van der Waals surface area contributed by atoms with Gasteiger partial charge in [0.25, 0.3) is 5.91 Å². The molecule has 0 saturated carbocycles. The molecule has 0 atom stereocenters. The number of carbonyl (C=O) groups is 1. The summed E-state index contributed by atoms with van der Waals surface area (Å²) in [5.74, 6) is 0.175. The van der Waals surface area contributed by atoms with Crippen LogP contribution >= 0.6 is 23.2 Å². The number of rotatable bonds is 5. The maximum absolute atomic E-state index is 11.7. The molecule has 2 aromatic carbocycles. The van der Waals surface area contributed by atoms with E-state index in [9.17, 15) is 4.79 Å². The van der Waals surface area contributed by atoms with Crippen LogP contribution in [0, 0.1) is 0 Å². The zero-order valence-corrected chi connectivity index (χ0v) is 13.4. The Bertz CT molecular complexity index is 685. The van der Waals surface area contributed by atoms with E-state index in [-0.39, 0.29) is 12.5 Å². The van der Waals surface area contributed by atoms with E-state index in [1.54, 1.807) is 43.3 Å². The van der Waals surface area contributed by atoms with Crippen LogP contribution in [0.2, 0.25) is 10.0 Å². The summed E-state index contributed by atoms with van der Waals surface area (Å²) in [7, 11) is 0. The monoisotopic (exact) mass is 336 g/mol. The number of hydrogen-bond acceptors (Lipinski definition) is 3. The lowest BCUT2D eigenvalue weighted by Crippen LogP contribution is -2.25. The average Bonchev–Trinajstić information content (AvgIpc) is 2.51. The van der Waals surface area contributed by atoms with Gasteiger partial charge < -0.3 is 4.74 Å². The molecule has 0 aliphatic carbocycles. The fourth-order valence-electron chi connectivity index (χ4n) is 1.64. The predicted molar refractivity (Wildman–Crippen MR) is 88.8 cm³/mol. The maximum atomic E-state index is 11.7. The molecular weight excluding hydrogens is 323 g/mol. The van der Waals surface area contributed by atoms with E-state index in [2.05, 4.69) is 10.5 Å². The van der Waals surface area contributed by atoms with Gasteiger partial charge in [0, 0.05) is 10.0 Å². The van der Waals surface area contributed by atoms with Crippen LogP contribution < -0.4 is 10.2 Å². The third-order valence-corrected chi connectivity index (χ3v) is 3.26. The summed E-state index contributed by atoms with van der Waals surface area (Å²) < 4.78 is 5.32. The van der Waals surface area contributed by atoms with Crippen LogP contribution in [0.25, 0.3) is 0 Å². The van der Waals surface area contributed by atoms with Crippen LogP contribution in [-0.2, 0) is 4.79 Å². The third-order valence-electron chi connectivity index (χ3n) is 2.78. The topological polar surface area (TPSA) is 50.7 Å². The Morgan fingerprint density at radius 3 is 2.55 bits per heavy atom. The predicted octanol–water partition coefficient (Wildman–Crippen LogP) is 3.91. The largest absolute Gasteiger partial charge is 0.484 e. The first kappa shape index (κ1) is 16.3. The summed E-state index contributed by atoms with van der Waals surface area (Å²) >= 11 is 11.6. The number of amides is 1. The summed E-state index contributed by atoms with van der Waals surface area (Å²) in [6.07, 6.45) is 0. The highest BCUT2D eigenvalue weighted by Crippen LogP contribution is 2.16. The summed E-state index contributed by atoms with van der Waals surface area (Å²) in [5, 5.41) is 5.22. The van der Waals surface area contributed by atoms with Gasteiger partial charge in [0.15, 0.2) is 6.61 Å². The van der Waals surface area contributed by atoms with E-state index in [0.29, 0.717) is 21.5 Å². The van der Waals surface area contributed by atoms with Crippen LogP contribution in [0.1, 0.15) is 12.5 Å². The van der Waals surface area contributed by atoms with Gasteiger partial charge in [-0.25, -0.2) is 5.43 Å². The molecule has 2 rings (SSSR count). The van der Waals surface area contributed by atoms with E-state index < -0.39 is 0 Å². The van der Waals surface area contributed by atoms with Crippen molar-refractivity contribution in [3.8, 4) is 5.75 Å². The van der Waals surface area contributed by atoms with Crippen molar-refractivity contribution in [1.29, 1.82) is 0 Å². The van der Waals surface area contributed by atoms with Gasteiger partial charge in [-0.3, -0.25) is 4.79 Å². The van der Waals surface area contributed by atoms with Crippen molar-refractivity contribution in [3.05, 3.63) is 64.1 Å². The number of carbonyl (C=O) groups excluding carboxylic acids is 1. The Morgan fingerprint density at radius 2 is 1.86 bits per heavy atom. The quantitative estimate of drug-likeness (QED) is 0.664. The zero-order valence-electron chi connectivity index (χ0n) is 11.8. The normalized spacial score (nSPS) is 11.1. The minimum absolute atomic E-state index is 0.141. The minimum atomic E-state index is -0.353. The van der Waals surface area contributed by atoms with Gasteiger partial charge in [-0.2, -0.15) is 5.10 Å². The Labute approximate surface area is 138 Å². The highest BCUT2D eigenvalue weighted by Gasteiger charge is 2.03. The average molecular weight is 337 g/mol. The van der Waals surface area contributed by atoms with Gasteiger partial charge in [0.2, 0.25) is 0 Å². The Morgan fingerprint density at radius 1 is 1.14 bits per heavy atom. The molecule has 0 aliphatic heterocycles. The Hall–Kier alpha value is -2.04. The molecular formula is C16H14Cl2N2O2. The van der Waals surface area contributed by atoms with E-state index in [0.717, 1.165) is 5.56 Å². The fraction of sp³-hybridized carbons (Fsp3) is 0.125. The summed E-state index contributed by atoms with van der Waals surface area (Å²) in [6.45, 7) is 1.65. The van der Waals surface area contributed by atoms with Gasteiger partial charge >= 0.3 is 0 Å². The molecule has 0 radical (unpaired) electrons. The van der Waals surface area contributed by atoms with Crippen LogP contribution in [-0.4, -0.2) is 18.2 Å². The number of ether oxygens (including phenoxy) is 1. The van der Waals surface area contributed by atoms with Crippen LogP contribution in [0.5, 0.6) is 5.75 Å². The molecule has 6 heteroatoms. The number of halogens is 2. The van der Waals surface area contributed by atoms with E-state index in [1.165, 1.54) is 0 Å². The number of benzene rings is 2. The lowest BCUT2D eigenvalue weighted by Gasteiger charge is -2.06. The van der Waals surface area contributed by atoms with Crippen molar-refractivity contribution in [2.75, 3.05) is 6.61 Å². The van der Waals surface area contributed by atoms with Crippen LogP contribution in [0.3, 0.4) is 0 Å². The van der Waals surface area contributed by atoms with Gasteiger partial charge in [-0.05, 0) is 42.8 Å². The lowest BCUT2D eigenvalue weighted by molar-refractivity contribution is -0.123. The standard InChI is InChI=1S/C16H14Cl2N2O2/c1-11(12-5-7-13(17)8-6-12)19-20-16(21)10-22-15-4-2-3-14(18)9-15/h2-9H,10H2,1H3,(H,20,21)/b19-11-. The van der Waals surface area contributed by atoms with Gasteiger partial charge in [-0.1, -0.05) is 41.4 Å². The lowest BCUT2D eigenvalue weighted by atomic mass is 10.1. The maximum Gasteiger partial charge on any atom is 0.277 e. The number of hydrogen-bond donors (Lipinski definition) is 1. The second-order valence-electron chi connectivity index (χ2n) is 4.49. The van der Waals surface area contributed by atoms with Crippen molar-refractivity contribution in [2.24, 2.45) is 5.10 Å². The molecule has 0 bridgehead atoms. The first-order valence-electron chi connectivity index (χ1n) is 6.52. The smallest absolute Gasteiger partial charge is 0.277 e. The molecule has 0 aliphatic rings. The number of nitrogens with zero attached hydrogens (tertiary/aromatic N) is 1. The second kappa shape index (κ2) is 7.82. The molecule has 0 spiro atoms. The number of nitrogens with one attached hydrogen (secondary N) is 1. The van der Waals surface area contributed by atoms with E-state index in [1.807, 2.05) is 12.1 Å². The van der Waals surface area contributed by atoms with Gasteiger partial charge in [0.1, 0.15) is 5.75 Å². The van der Waals surface area contributed by atoms with Crippen LogP contribution in [0.4, 0.5) is 0 Å². The molecule has 1 amide bonds. The van der Waals surface area contributed by atoms with Crippen LogP contribution in [0.15, 0.2) is 53.6 Å². The van der Waals surface area contributed by atoms with Crippen molar-refractivity contribution in [2.45, 2.75) is 6.92 Å². The van der Waals surface area contributed by atoms with Gasteiger partial charge in [-0.15, -0.1) is 0 Å². The number of hydrazone groups is 1. The molecule has 0 aromatic heterocycles. The van der Waals surface area contributed by atoms with Crippen molar-refractivity contribution in [1.82, 2.24) is 5.43 Å². The summed E-state index contributed by atoms with van der Waals surface area (Å²) in [5.41, 5.74) is 3.99.